The molecule has 0 radical (unpaired) electrons. The number of nitrogens with zero attached hydrogens (tertiary/aromatic N) is 2. The van der Waals surface area contributed by atoms with Crippen molar-refractivity contribution >= 4 is 11.6 Å². The van der Waals surface area contributed by atoms with Gasteiger partial charge in [-0.2, -0.15) is 5.26 Å². The standard InChI is InChI=1S/C11H13ClN2O2/c1-8(2)15-3-4-16-11-6-9(7-13)5-10(12)14-11/h5-6,8H,3-4H2,1-2H3. The van der Waals surface area contributed by atoms with Crippen LogP contribution in [0.25, 0.3) is 0 Å². The minimum absolute atomic E-state index is 0.172. The summed E-state index contributed by atoms with van der Waals surface area (Å²) in [5.41, 5.74) is 0.430. The lowest BCUT2D eigenvalue weighted by molar-refractivity contribution is 0.0542. The SMILES string of the molecule is CC(C)OCCOc1cc(C#N)cc(Cl)n1. The highest BCUT2D eigenvalue weighted by Gasteiger charge is 2.02. The lowest BCUT2D eigenvalue weighted by Crippen LogP contribution is -2.11. The molecule has 0 atom stereocenters. The first kappa shape index (κ1) is 12.8. The Bertz CT molecular complexity index is 388. The van der Waals surface area contributed by atoms with Crippen molar-refractivity contribution < 1.29 is 9.47 Å². The molecule has 86 valence electrons. The van der Waals surface area contributed by atoms with E-state index in [1.54, 1.807) is 6.07 Å². The van der Waals surface area contributed by atoms with Crippen LogP contribution in [0.3, 0.4) is 0 Å². The van der Waals surface area contributed by atoms with Crippen LogP contribution in [0, 0.1) is 11.3 Å². The van der Waals surface area contributed by atoms with Crippen molar-refractivity contribution in [1.82, 2.24) is 4.98 Å². The molecule has 0 aliphatic carbocycles. The molecule has 1 rings (SSSR count). The van der Waals surface area contributed by atoms with Gasteiger partial charge in [-0.25, -0.2) is 4.98 Å². The zero-order chi connectivity index (χ0) is 12.0. The number of hydrogen-bond donors (Lipinski definition) is 0. The monoisotopic (exact) mass is 240 g/mol. The van der Waals surface area contributed by atoms with E-state index in [1.807, 2.05) is 19.9 Å². The van der Waals surface area contributed by atoms with Gasteiger partial charge < -0.3 is 9.47 Å². The third-order valence-corrected chi connectivity index (χ3v) is 1.88. The summed E-state index contributed by atoms with van der Waals surface area (Å²) in [6.45, 7) is 4.76. The number of hydrogen-bond acceptors (Lipinski definition) is 4. The van der Waals surface area contributed by atoms with Crippen LogP contribution in [-0.4, -0.2) is 24.3 Å². The second kappa shape index (κ2) is 6.31. The molecule has 16 heavy (non-hydrogen) atoms. The van der Waals surface area contributed by atoms with Crippen molar-refractivity contribution in [1.29, 1.82) is 5.26 Å². The van der Waals surface area contributed by atoms with Gasteiger partial charge in [-0.15, -0.1) is 0 Å². The Kier molecular flexibility index (Phi) is 5.03. The molecule has 0 saturated heterocycles. The third-order valence-electron chi connectivity index (χ3n) is 1.68. The van der Waals surface area contributed by atoms with Gasteiger partial charge in [0.05, 0.1) is 24.3 Å². The van der Waals surface area contributed by atoms with E-state index in [9.17, 15) is 0 Å². The number of pyridine rings is 1. The second-order valence-corrected chi connectivity index (χ2v) is 3.78. The molecule has 0 N–H and O–H groups in total. The van der Waals surface area contributed by atoms with Crippen molar-refractivity contribution in [3.63, 3.8) is 0 Å². The van der Waals surface area contributed by atoms with Gasteiger partial charge >= 0.3 is 0 Å². The van der Waals surface area contributed by atoms with Crippen molar-refractivity contribution in [3.8, 4) is 11.9 Å². The van der Waals surface area contributed by atoms with Gasteiger partial charge in [0, 0.05) is 6.07 Å². The number of rotatable bonds is 5. The fourth-order valence-corrected chi connectivity index (χ4v) is 1.24. The summed E-state index contributed by atoms with van der Waals surface area (Å²) in [4.78, 5) is 3.94. The maximum atomic E-state index is 8.71. The Balaban J connectivity index is 2.48. The molecule has 0 fully saturated rings. The third kappa shape index (κ3) is 4.47. The van der Waals surface area contributed by atoms with Crippen LogP contribution < -0.4 is 4.74 Å². The largest absolute Gasteiger partial charge is 0.475 e. The summed E-state index contributed by atoms with van der Waals surface area (Å²) in [6, 6.07) is 5.01. The summed E-state index contributed by atoms with van der Waals surface area (Å²) in [7, 11) is 0. The van der Waals surface area contributed by atoms with E-state index in [0.717, 1.165) is 0 Å². The summed E-state index contributed by atoms with van der Waals surface area (Å²) >= 11 is 5.72. The Morgan fingerprint density at radius 2 is 2.19 bits per heavy atom. The smallest absolute Gasteiger partial charge is 0.216 e. The molecule has 0 aliphatic heterocycles. The van der Waals surface area contributed by atoms with Gasteiger partial charge in [0.15, 0.2) is 0 Å². The minimum atomic E-state index is 0.172. The first-order valence-electron chi connectivity index (χ1n) is 4.94. The van der Waals surface area contributed by atoms with Gasteiger partial charge in [-0.3, -0.25) is 0 Å². The predicted octanol–water partition coefficient (Wildman–Crippen LogP) is 2.41. The number of halogens is 1. The van der Waals surface area contributed by atoms with Crippen LogP contribution in [0.2, 0.25) is 5.15 Å². The van der Waals surface area contributed by atoms with Crippen LogP contribution in [0.1, 0.15) is 19.4 Å². The lowest BCUT2D eigenvalue weighted by Gasteiger charge is -2.08. The average molecular weight is 241 g/mol. The first-order valence-corrected chi connectivity index (χ1v) is 5.31. The van der Waals surface area contributed by atoms with Crippen molar-refractivity contribution in [2.75, 3.05) is 13.2 Å². The highest BCUT2D eigenvalue weighted by molar-refractivity contribution is 6.29. The van der Waals surface area contributed by atoms with E-state index in [1.165, 1.54) is 6.07 Å². The van der Waals surface area contributed by atoms with Crippen molar-refractivity contribution in [3.05, 3.63) is 22.8 Å². The normalized spacial score (nSPS) is 10.2. The van der Waals surface area contributed by atoms with Gasteiger partial charge in [-0.1, -0.05) is 11.6 Å². The molecular weight excluding hydrogens is 228 g/mol. The summed E-state index contributed by atoms with van der Waals surface area (Å²) in [5, 5.41) is 8.96. The molecule has 0 amide bonds. The Labute approximate surface area is 99.8 Å². The van der Waals surface area contributed by atoms with Crippen LogP contribution in [0.5, 0.6) is 5.88 Å². The van der Waals surface area contributed by atoms with Crippen LogP contribution in [0.15, 0.2) is 12.1 Å². The number of nitriles is 1. The van der Waals surface area contributed by atoms with Crippen LogP contribution >= 0.6 is 11.6 Å². The topological polar surface area (TPSA) is 55.1 Å². The molecule has 0 aromatic carbocycles. The molecule has 4 nitrogen and oxygen atoms in total. The van der Waals surface area contributed by atoms with E-state index < -0.39 is 0 Å². The van der Waals surface area contributed by atoms with E-state index in [0.29, 0.717) is 24.7 Å². The Morgan fingerprint density at radius 3 is 2.81 bits per heavy atom. The van der Waals surface area contributed by atoms with E-state index in [2.05, 4.69) is 4.98 Å². The van der Waals surface area contributed by atoms with E-state index >= 15 is 0 Å². The van der Waals surface area contributed by atoms with Crippen molar-refractivity contribution in [2.24, 2.45) is 0 Å². The maximum Gasteiger partial charge on any atom is 0.216 e. The van der Waals surface area contributed by atoms with E-state index in [4.69, 9.17) is 26.3 Å². The lowest BCUT2D eigenvalue weighted by atomic mass is 10.3. The first-order chi connectivity index (χ1) is 7.61. The predicted molar refractivity (Wildman–Crippen MR) is 60.5 cm³/mol. The highest BCUT2D eigenvalue weighted by atomic mass is 35.5. The maximum absolute atomic E-state index is 8.71. The van der Waals surface area contributed by atoms with Crippen LogP contribution in [-0.2, 0) is 4.74 Å². The fraction of sp³-hybridized carbons (Fsp3) is 0.455. The molecule has 0 spiro atoms. The molecule has 0 bridgehead atoms. The summed E-state index contributed by atoms with van der Waals surface area (Å²) < 4.78 is 10.6. The van der Waals surface area contributed by atoms with Crippen LogP contribution in [0.4, 0.5) is 0 Å². The molecule has 1 heterocycles. The number of ether oxygens (including phenoxy) is 2. The Morgan fingerprint density at radius 1 is 1.44 bits per heavy atom. The fourth-order valence-electron chi connectivity index (χ4n) is 1.04. The second-order valence-electron chi connectivity index (χ2n) is 3.40. The zero-order valence-electron chi connectivity index (χ0n) is 9.24. The summed E-state index contributed by atoms with van der Waals surface area (Å²) in [5.74, 6) is 0.344. The molecule has 1 aromatic rings. The molecule has 0 aliphatic rings. The molecule has 0 unspecified atom stereocenters. The zero-order valence-corrected chi connectivity index (χ0v) is 9.99. The molecular formula is C11H13ClN2O2. The Hall–Kier alpha value is -1.31. The van der Waals surface area contributed by atoms with E-state index in [-0.39, 0.29) is 11.3 Å². The minimum Gasteiger partial charge on any atom is -0.475 e. The molecule has 1 aromatic heterocycles. The van der Waals surface area contributed by atoms with Gasteiger partial charge in [0.2, 0.25) is 5.88 Å². The highest BCUT2D eigenvalue weighted by Crippen LogP contribution is 2.15. The van der Waals surface area contributed by atoms with Gasteiger partial charge in [0.25, 0.3) is 0 Å². The van der Waals surface area contributed by atoms with Crippen molar-refractivity contribution in [2.45, 2.75) is 20.0 Å². The molecule has 0 saturated carbocycles. The van der Waals surface area contributed by atoms with Gasteiger partial charge in [0.1, 0.15) is 11.8 Å². The quantitative estimate of drug-likeness (QED) is 0.586. The number of aromatic nitrogens is 1. The summed E-state index contributed by atoms with van der Waals surface area (Å²) in [6.07, 6.45) is 0.172. The molecule has 5 heteroatoms. The van der Waals surface area contributed by atoms with Gasteiger partial charge in [-0.05, 0) is 19.9 Å². The average Bonchev–Trinajstić information content (AvgIpc) is 2.23.